The molecule has 0 aliphatic carbocycles. The fraction of sp³-hybridized carbons (Fsp3) is 0.304. The minimum atomic E-state index is -1.26. The smallest absolute Gasteiger partial charge is 0.328 e. The van der Waals surface area contributed by atoms with Crippen molar-refractivity contribution in [3.05, 3.63) is 76.3 Å². The molecule has 32 heavy (non-hydrogen) atoms. The van der Waals surface area contributed by atoms with Crippen LogP contribution in [0.4, 0.5) is 0 Å². The number of carbonyl (C=O) groups is 2. The molecule has 3 N–H and O–H groups in total. The van der Waals surface area contributed by atoms with Crippen molar-refractivity contribution in [2.24, 2.45) is 0 Å². The summed E-state index contributed by atoms with van der Waals surface area (Å²) in [6.45, 7) is 1.75. The van der Waals surface area contributed by atoms with Crippen LogP contribution in [0.25, 0.3) is 0 Å². The van der Waals surface area contributed by atoms with Gasteiger partial charge in [-0.2, -0.15) is 0 Å². The second-order valence-electron chi connectivity index (χ2n) is 6.77. The molecule has 0 saturated carbocycles. The molecule has 2 aromatic rings. The largest absolute Gasteiger partial charge is 0.484 e. The number of nitrogens with zero attached hydrogens (tertiary/aromatic N) is 1. The van der Waals surface area contributed by atoms with E-state index < -0.39 is 11.9 Å². The number of carboxylic acid groups (broad SMARTS) is 2. The van der Waals surface area contributed by atoms with Gasteiger partial charge in [-0.1, -0.05) is 53.5 Å². The van der Waals surface area contributed by atoms with Crippen LogP contribution in [-0.4, -0.2) is 58.9 Å². The molecule has 1 unspecified atom stereocenters. The van der Waals surface area contributed by atoms with E-state index in [9.17, 15) is 9.59 Å². The Labute approximate surface area is 197 Å². The van der Waals surface area contributed by atoms with Crippen LogP contribution in [0, 0.1) is 0 Å². The van der Waals surface area contributed by atoms with Crippen LogP contribution >= 0.6 is 23.2 Å². The number of halogens is 2. The highest BCUT2D eigenvalue weighted by atomic mass is 35.5. The van der Waals surface area contributed by atoms with E-state index in [2.05, 4.69) is 17.0 Å². The Morgan fingerprint density at radius 3 is 2.22 bits per heavy atom. The molecule has 2 rings (SSSR count). The lowest BCUT2D eigenvalue weighted by Crippen LogP contribution is -2.24. The second-order valence-corrected chi connectivity index (χ2v) is 7.61. The van der Waals surface area contributed by atoms with Crippen LogP contribution in [0.1, 0.15) is 24.5 Å². The van der Waals surface area contributed by atoms with Crippen LogP contribution in [0.5, 0.6) is 5.75 Å². The number of hydrogen-bond acceptors (Lipinski definition) is 5. The molecule has 9 heteroatoms. The summed E-state index contributed by atoms with van der Waals surface area (Å²) in [6.07, 6.45) is 2.83. The van der Waals surface area contributed by atoms with Gasteiger partial charge in [-0.3, -0.25) is 0 Å². The van der Waals surface area contributed by atoms with Gasteiger partial charge in [-0.15, -0.1) is 0 Å². The number of carboxylic acids is 2. The Hall–Kier alpha value is -2.58. The van der Waals surface area contributed by atoms with Crippen molar-refractivity contribution in [2.75, 3.05) is 26.7 Å². The van der Waals surface area contributed by atoms with Crippen molar-refractivity contribution >= 4 is 35.1 Å². The van der Waals surface area contributed by atoms with Gasteiger partial charge in [0.1, 0.15) is 11.9 Å². The maximum Gasteiger partial charge on any atom is 0.328 e. The summed E-state index contributed by atoms with van der Waals surface area (Å²) in [4.78, 5) is 21.2. The molecular weight excluding hydrogens is 457 g/mol. The molecule has 2 aromatic carbocycles. The van der Waals surface area contributed by atoms with E-state index >= 15 is 0 Å². The Bertz CT molecular complexity index is 860. The zero-order chi connectivity index (χ0) is 23.9. The van der Waals surface area contributed by atoms with Gasteiger partial charge in [-0.05, 0) is 44.1 Å². The number of aliphatic carboxylic acids is 2. The van der Waals surface area contributed by atoms with Gasteiger partial charge in [0.25, 0.3) is 0 Å². The molecule has 0 bridgehead atoms. The molecule has 0 spiro atoms. The van der Waals surface area contributed by atoms with Crippen LogP contribution < -0.4 is 4.74 Å². The first kappa shape index (κ1) is 27.5. The quantitative estimate of drug-likeness (QED) is 0.403. The van der Waals surface area contributed by atoms with Crippen molar-refractivity contribution in [1.29, 1.82) is 0 Å². The first-order valence-corrected chi connectivity index (χ1v) is 10.6. The number of aliphatic hydroxyl groups excluding tert-OH is 1. The van der Waals surface area contributed by atoms with Crippen LogP contribution in [0.2, 0.25) is 10.0 Å². The molecule has 0 radical (unpaired) electrons. The highest BCUT2D eigenvalue weighted by Gasteiger charge is 2.15. The van der Waals surface area contributed by atoms with Gasteiger partial charge in [0.05, 0.1) is 11.6 Å². The third kappa shape index (κ3) is 11.7. The lowest BCUT2D eigenvalue weighted by molar-refractivity contribution is -0.134. The van der Waals surface area contributed by atoms with Crippen molar-refractivity contribution in [3.63, 3.8) is 0 Å². The van der Waals surface area contributed by atoms with E-state index in [1.54, 1.807) is 18.2 Å². The third-order valence-corrected chi connectivity index (χ3v) is 4.74. The first-order chi connectivity index (χ1) is 15.2. The average molecular weight is 484 g/mol. The van der Waals surface area contributed by atoms with Crippen LogP contribution in [0.3, 0.4) is 0 Å². The summed E-state index contributed by atoms with van der Waals surface area (Å²) in [5.74, 6) is -1.92. The molecule has 0 fully saturated rings. The highest BCUT2D eigenvalue weighted by molar-refractivity contribution is 6.34. The Balaban J connectivity index is 0.000000547. The molecular formula is C23H27Cl2NO6. The van der Waals surface area contributed by atoms with Crippen LogP contribution in [0.15, 0.2) is 60.7 Å². The molecule has 0 aliphatic heterocycles. The van der Waals surface area contributed by atoms with E-state index in [1.807, 2.05) is 25.2 Å². The number of benzene rings is 2. The number of hydrogen-bond donors (Lipinski definition) is 3. The standard InChI is InChI=1S/C19H23Cl2NO2.C4H4O4/c1-22(12-13-23)11-5-8-18(15-6-3-2-4-7-15)24-19-14-16(20)9-10-17(19)21;5-3(6)1-2-4(7)8/h2-4,6-7,9-10,14,18,23H,5,8,11-13H2,1H3;1-2H,(H,5,6)(H,7,8)/b;2-1+. The normalized spacial score (nSPS) is 11.7. The predicted molar refractivity (Wildman–Crippen MR) is 125 cm³/mol. The molecule has 0 aromatic heterocycles. The molecule has 174 valence electrons. The SMILES string of the molecule is CN(CCO)CCCC(Oc1cc(Cl)ccc1Cl)c1ccccc1.O=C(O)/C=C/C(=O)O. The number of rotatable bonds is 11. The summed E-state index contributed by atoms with van der Waals surface area (Å²) in [6, 6.07) is 15.3. The third-order valence-electron chi connectivity index (χ3n) is 4.19. The number of aliphatic hydroxyl groups is 1. The summed E-state index contributed by atoms with van der Waals surface area (Å²) in [5, 5.41) is 25.8. The van der Waals surface area contributed by atoms with Crippen molar-refractivity contribution < 1.29 is 29.6 Å². The van der Waals surface area contributed by atoms with Crippen molar-refractivity contribution in [1.82, 2.24) is 4.90 Å². The van der Waals surface area contributed by atoms with E-state index in [-0.39, 0.29) is 12.7 Å². The molecule has 0 amide bonds. The van der Waals surface area contributed by atoms with Gasteiger partial charge >= 0.3 is 11.9 Å². The Morgan fingerprint density at radius 2 is 1.66 bits per heavy atom. The highest BCUT2D eigenvalue weighted by Crippen LogP contribution is 2.33. The Morgan fingerprint density at radius 1 is 1.03 bits per heavy atom. The zero-order valence-electron chi connectivity index (χ0n) is 17.7. The first-order valence-electron chi connectivity index (χ1n) is 9.83. The van der Waals surface area contributed by atoms with E-state index in [0.717, 1.165) is 24.9 Å². The van der Waals surface area contributed by atoms with Crippen molar-refractivity contribution in [3.8, 4) is 5.75 Å². The van der Waals surface area contributed by atoms with Crippen LogP contribution in [-0.2, 0) is 9.59 Å². The van der Waals surface area contributed by atoms with Crippen molar-refractivity contribution in [2.45, 2.75) is 18.9 Å². The fourth-order valence-electron chi connectivity index (χ4n) is 2.65. The molecule has 1 atom stereocenters. The minimum absolute atomic E-state index is 0.0929. The fourth-order valence-corrected chi connectivity index (χ4v) is 2.98. The van der Waals surface area contributed by atoms with Gasteiger partial charge in [0.2, 0.25) is 0 Å². The maximum absolute atomic E-state index is 9.55. The van der Waals surface area contributed by atoms with Gasteiger partial charge in [0, 0.05) is 29.8 Å². The average Bonchev–Trinajstić information content (AvgIpc) is 2.75. The topological polar surface area (TPSA) is 107 Å². The van der Waals surface area contributed by atoms with E-state index in [0.29, 0.717) is 34.5 Å². The number of likely N-dealkylation sites (N-methyl/N-ethyl adjacent to an activating group) is 1. The minimum Gasteiger partial charge on any atom is -0.484 e. The molecule has 0 heterocycles. The summed E-state index contributed by atoms with van der Waals surface area (Å²) >= 11 is 12.3. The Kier molecular flexibility index (Phi) is 13.1. The monoisotopic (exact) mass is 483 g/mol. The lowest BCUT2D eigenvalue weighted by atomic mass is 10.0. The lowest BCUT2D eigenvalue weighted by Gasteiger charge is -2.22. The van der Waals surface area contributed by atoms with Gasteiger partial charge in [0.15, 0.2) is 0 Å². The summed E-state index contributed by atoms with van der Waals surface area (Å²) < 4.78 is 6.17. The number of ether oxygens (including phenoxy) is 1. The van der Waals surface area contributed by atoms with E-state index in [4.69, 9.17) is 43.3 Å². The van der Waals surface area contributed by atoms with Gasteiger partial charge in [-0.25, -0.2) is 9.59 Å². The molecule has 7 nitrogen and oxygen atoms in total. The summed E-state index contributed by atoms with van der Waals surface area (Å²) in [7, 11) is 2.00. The maximum atomic E-state index is 9.55. The molecule has 0 saturated heterocycles. The van der Waals surface area contributed by atoms with Gasteiger partial charge < -0.3 is 25.0 Å². The second kappa shape index (κ2) is 15.3. The predicted octanol–water partition coefficient (Wildman–Crippen LogP) is 4.53. The zero-order valence-corrected chi connectivity index (χ0v) is 19.2. The summed E-state index contributed by atoms with van der Waals surface area (Å²) in [5.41, 5.74) is 1.11. The van der Waals surface area contributed by atoms with E-state index in [1.165, 1.54) is 0 Å². The molecule has 0 aliphatic rings.